The second kappa shape index (κ2) is 9.93. The maximum absolute atomic E-state index is 15.3. The van der Waals surface area contributed by atoms with E-state index < -0.39 is 23.6 Å². The fraction of sp³-hybridized carbons (Fsp3) is 0.407. The van der Waals surface area contributed by atoms with Gasteiger partial charge < -0.3 is 9.30 Å². The van der Waals surface area contributed by atoms with Gasteiger partial charge in [-0.1, -0.05) is 13.0 Å². The van der Waals surface area contributed by atoms with Crippen molar-refractivity contribution in [1.29, 1.82) is 0 Å². The first-order valence-electron chi connectivity index (χ1n) is 13.2. The number of anilines is 1. The van der Waals surface area contributed by atoms with E-state index in [2.05, 4.69) is 25.0 Å². The van der Waals surface area contributed by atoms with Crippen LogP contribution in [0.1, 0.15) is 49.6 Å². The lowest BCUT2D eigenvalue weighted by Gasteiger charge is -2.29. The first-order chi connectivity index (χ1) is 19.6. The van der Waals surface area contributed by atoms with Gasteiger partial charge in [0.25, 0.3) is 0 Å². The predicted octanol–water partition coefficient (Wildman–Crippen LogP) is 4.85. The van der Waals surface area contributed by atoms with Crippen LogP contribution in [-0.4, -0.2) is 47.3 Å². The van der Waals surface area contributed by atoms with Gasteiger partial charge in [-0.15, -0.1) is 5.10 Å². The molecule has 1 fully saturated rings. The Labute approximate surface area is 232 Å². The number of alkyl halides is 3. The molecule has 0 bridgehead atoms. The highest BCUT2D eigenvalue weighted by Crippen LogP contribution is 2.45. The molecule has 0 unspecified atom stereocenters. The second-order valence-electron chi connectivity index (χ2n) is 10.2. The minimum absolute atomic E-state index is 0.0214. The molecule has 1 amide bonds. The van der Waals surface area contributed by atoms with Gasteiger partial charge in [-0.3, -0.25) is 9.69 Å². The van der Waals surface area contributed by atoms with Crippen molar-refractivity contribution < 1.29 is 27.1 Å². The number of aromatic nitrogens is 7. The Bertz CT molecular complexity index is 1640. The molecule has 214 valence electrons. The molecule has 41 heavy (non-hydrogen) atoms. The minimum Gasteiger partial charge on any atom is -0.480 e. The van der Waals surface area contributed by atoms with Crippen molar-refractivity contribution >= 4 is 11.9 Å². The third kappa shape index (κ3) is 4.80. The van der Waals surface area contributed by atoms with E-state index >= 15 is 4.39 Å². The van der Waals surface area contributed by atoms with E-state index in [9.17, 15) is 18.0 Å². The average Bonchev–Trinajstić information content (AvgIpc) is 3.55. The standard InChI is InChI=1S/C27H26F4N8O2/c1-4-37-12-19(27(29,30)31)34-23(37)17-8-5-15(9-18(17)28)11-38-25(40)14(2)10-39-26(38)35-22(36-39)20-21(16-6-7-16)32-13-33-24(20)41-3/h5,8-9,12-14,16H,4,6-7,10-11H2,1-3H3/t14-/m0/s1. The van der Waals surface area contributed by atoms with Gasteiger partial charge >= 0.3 is 6.18 Å². The number of aryl methyl sites for hydroxylation is 1. The number of amides is 1. The average molecular weight is 571 g/mol. The smallest absolute Gasteiger partial charge is 0.434 e. The summed E-state index contributed by atoms with van der Waals surface area (Å²) >= 11 is 0. The summed E-state index contributed by atoms with van der Waals surface area (Å²) in [5.74, 6) is -0.287. The Morgan fingerprint density at radius 2 is 1.93 bits per heavy atom. The third-order valence-electron chi connectivity index (χ3n) is 7.27. The number of benzene rings is 1. The van der Waals surface area contributed by atoms with Gasteiger partial charge in [-0.25, -0.2) is 24.0 Å². The first kappa shape index (κ1) is 26.8. The molecule has 1 aromatic carbocycles. The summed E-state index contributed by atoms with van der Waals surface area (Å²) in [4.78, 5) is 31.7. The summed E-state index contributed by atoms with van der Waals surface area (Å²) in [5, 5.41) is 4.66. The Morgan fingerprint density at radius 1 is 1.15 bits per heavy atom. The summed E-state index contributed by atoms with van der Waals surface area (Å²) in [6, 6.07) is 4.14. The summed E-state index contributed by atoms with van der Waals surface area (Å²) in [6.45, 7) is 3.88. The van der Waals surface area contributed by atoms with Crippen LogP contribution in [0.3, 0.4) is 0 Å². The highest BCUT2D eigenvalue weighted by Gasteiger charge is 2.37. The van der Waals surface area contributed by atoms with E-state index in [1.165, 1.54) is 35.0 Å². The van der Waals surface area contributed by atoms with E-state index in [1.807, 2.05) is 0 Å². The van der Waals surface area contributed by atoms with E-state index in [-0.39, 0.29) is 42.3 Å². The van der Waals surface area contributed by atoms with Crippen molar-refractivity contribution in [3.05, 3.63) is 53.5 Å². The monoisotopic (exact) mass is 570 g/mol. The quantitative estimate of drug-likeness (QED) is 0.293. The van der Waals surface area contributed by atoms with Crippen LogP contribution in [-0.2, 0) is 30.6 Å². The SMILES string of the molecule is CCn1cc(C(F)(F)F)nc1-c1ccc(CN2C(=O)[C@@H](C)Cn3nc(-c4c(OC)ncnc4C4CC4)nc32)cc1F. The molecule has 0 N–H and O–H groups in total. The number of methoxy groups -OCH3 is 1. The number of halogens is 4. The zero-order chi connectivity index (χ0) is 29.1. The molecule has 1 saturated carbocycles. The number of hydrogen-bond acceptors (Lipinski definition) is 7. The zero-order valence-electron chi connectivity index (χ0n) is 22.5. The van der Waals surface area contributed by atoms with Crippen LogP contribution in [0, 0.1) is 11.7 Å². The topological polar surface area (TPSA) is 104 Å². The number of ether oxygens (including phenoxy) is 1. The molecule has 1 aliphatic heterocycles. The van der Waals surface area contributed by atoms with Gasteiger partial charge in [0.1, 0.15) is 23.5 Å². The molecule has 14 heteroatoms. The fourth-order valence-corrected chi connectivity index (χ4v) is 5.06. The van der Waals surface area contributed by atoms with Gasteiger partial charge in [0.05, 0.1) is 37.4 Å². The largest absolute Gasteiger partial charge is 0.480 e. The van der Waals surface area contributed by atoms with E-state index in [0.29, 0.717) is 29.4 Å². The lowest BCUT2D eigenvalue weighted by Crippen LogP contribution is -2.42. The van der Waals surface area contributed by atoms with Gasteiger partial charge in [0, 0.05) is 18.7 Å². The zero-order valence-corrected chi connectivity index (χ0v) is 22.5. The molecular formula is C27H26F4N8O2. The highest BCUT2D eigenvalue weighted by molar-refractivity contribution is 5.94. The molecule has 3 aromatic heterocycles. The van der Waals surface area contributed by atoms with Crippen molar-refractivity contribution in [1.82, 2.24) is 34.3 Å². The van der Waals surface area contributed by atoms with Crippen molar-refractivity contribution in [2.24, 2.45) is 5.92 Å². The second-order valence-corrected chi connectivity index (χ2v) is 10.2. The molecule has 1 aliphatic carbocycles. The number of imidazole rings is 1. The van der Waals surface area contributed by atoms with Crippen LogP contribution in [0.4, 0.5) is 23.5 Å². The summed E-state index contributed by atoms with van der Waals surface area (Å²) in [6.07, 6.45) is -0.373. The van der Waals surface area contributed by atoms with E-state index in [1.54, 1.807) is 24.6 Å². The maximum Gasteiger partial charge on any atom is 0.434 e. The van der Waals surface area contributed by atoms with Gasteiger partial charge in [-0.2, -0.15) is 18.2 Å². The van der Waals surface area contributed by atoms with Crippen LogP contribution in [0.15, 0.2) is 30.7 Å². The third-order valence-corrected chi connectivity index (χ3v) is 7.27. The summed E-state index contributed by atoms with van der Waals surface area (Å²) in [5.41, 5.74) is 0.640. The molecule has 0 spiro atoms. The molecule has 0 radical (unpaired) electrons. The molecule has 0 saturated heterocycles. The molecule has 4 heterocycles. The van der Waals surface area contributed by atoms with E-state index in [4.69, 9.17) is 4.74 Å². The molecule has 4 aromatic rings. The number of carbonyl (C=O) groups excluding carboxylic acids is 1. The number of fused-ring (bicyclic) bond motifs is 1. The van der Waals surface area contributed by atoms with Crippen LogP contribution < -0.4 is 9.64 Å². The van der Waals surface area contributed by atoms with Crippen LogP contribution in [0.5, 0.6) is 5.88 Å². The lowest BCUT2D eigenvalue weighted by molar-refractivity contribution is -0.140. The number of rotatable bonds is 7. The number of carbonyl (C=O) groups is 1. The molecule has 2 aliphatic rings. The first-order valence-corrected chi connectivity index (χ1v) is 13.2. The van der Waals surface area contributed by atoms with Gasteiger partial charge in [-0.05, 0) is 37.5 Å². The Kier molecular flexibility index (Phi) is 6.50. The van der Waals surface area contributed by atoms with Crippen molar-refractivity contribution in [3.63, 3.8) is 0 Å². The Morgan fingerprint density at radius 3 is 2.59 bits per heavy atom. The highest BCUT2D eigenvalue weighted by atomic mass is 19.4. The van der Waals surface area contributed by atoms with Gasteiger partial charge in [0.15, 0.2) is 11.5 Å². The van der Waals surface area contributed by atoms with Crippen LogP contribution in [0.25, 0.3) is 22.8 Å². The lowest BCUT2D eigenvalue weighted by atomic mass is 10.1. The normalized spacial score (nSPS) is 17.2. The maximum atomic E-state index is 15.3. The molecule has 1 atom stereocenters. The van der Waals surface area contributed by atoms with E-state index in [0.717, 1.165) is 24.7 Å². The van der Waals surface area contributed by atoms with Crippen LogP contribution in [0.2, 0.25) is 0 Å². The van der Waals surface area contributed by atoms with Crippen LogP contribution >= 0.6 is 0 Å². The summed E-state index contributed by atoms with van der Waals surface area (Å²) in [7, 11) is 1.51. The molecule has 6 rings (SSSR count). The predicted molar refractivity (Wildman–Crippen MR) is 138 cm³/mol. The Balaban J connectivity index is 1.34. The van der Waals surface area contributed by atoms with Crippen molar-refractivity contribution in [3.8, 4) is 28.7 Å². The minimum atomic E-state index is -4.65. The van der Waals surface area contributed by atoms with Gasteiger partial charge in [0.2, 0.25) is 17.7 Å². The number of nitrogens with zero attached hydrogens (tertiary/aromatic N) is 8. The molecule has 10 nitrogen and oxygen atoms in total. The fourth-order valence-electron chi connectivity index (χ4n) is 5.06. The number of hydrogen-bond donors (Lipinski definition) is 0. The summed E-state index contributed by atoms with van der Waals surface area (Å²) < 4.78 is 63.4. The molecular weight excluding hydrogens is 544 g/mol. The Hall–Kier alpha value is -4.36. The van der Waals surface area contributed by atoms with Crippen molar-refractivity contribution in [2.75, 3.05) is 12.0 Å². The van der Waals surface area contributed by atoms with Crippen molar-refractivity contribution in [2.45, 2.75) is 58.4 Å².